The number of hydrogen-bond acceptors (Lipinski definition) is 5. The fourth-order valence-electron chi connectivity index (χ4n) is 6.00. The Morgan fingerprint density at radius 3 is 0.380 bits per heavy atom. The minimum Gasteiger partial charge on any atom is -0.870 e. The molecule has 0 saturated carbocycles. The first-order valence-corrected chi connectivity index (χ1v) is 22.7. The van der Waals surface area contributed by atoms with Crippen molar-refractivity contribution in [2.45, 2.75) is 29.7 Å². The molecule has 1 N–H and O–H groups in total. The molecule has 50 heavy (non-hydrogen) atoms. The molecule has 0 bridgehead atoms. The average molecular weight is 821 g/mol. The van der Waals surface area contributed by atoms with Gasteiger partial charge in [-0.1, -0.05) is 29.7 Å². The molecule has 0 spiro atoms. The van der Waals surface area contributed by atoms with Gasteiger partial charge in [0, 0.05) is 0 Å². The van der Waals surface area contributed by atoms with Crippen molar-refractivity contribution in [1.29, 1.82) is 0 Å². The van der Waals surface area contributed by atoms with Gasteiger partial charge in [-0.25, -0.2) is 56.0 Å². The number of rotatable bonds is 16. The van der Waals surface area contributed by atoms with Crippen LogP contribution in [0.2, 0.25) is 0 Å². The molecule has 17 nitrogen and oxygen atoms in total. The molecule has 22 heteroatoms. The van der Waals surface area contributed by atoms with E-state index in [1.165, 1.54) is 0 Å². The fraction of sp³-hybridized carbons (Fsp3) is 1.00. The molecule has 0 aliphatic rings. The molecule has 0 aromatic rings. The lowest BCUT2D eigenvalue weighted by atomic mass is 11.2. The van der Waals surface area contributed by atoms with Gasteiger partial charge in [0.15, 0.2) is 0 Å². The van der Waals surface area contributed by atoms with Crippen LogP contribution in [0.1, 0.15) is 29.7 Å². The molecule has 0 heterocycles. The molecule has 0 aromatic carbocycles. The molecule has 0 radical (unpaired) electrons. The Morgan fingerprint density at radius 1 is 0.240 bits per heavy atom. The summed E-state index contributed by atoms with van der Waals surface area (Å²) in [5.74, 6) is 0. The van der Waals surface area contributed by atoms with Crippen molar-refractivity contribution < 1.29 is 5.48 Å². The summed E-state index contributed by atoms with van der Waals surface area (Å²) in [6.07, 6.45) is 0. The largest absolute Gasteiger partial charge is 0.870 e. The van der Waals surface area contributed by atoms with Gasteiger partial charge in [-0.15, -0.1) is 0 Å². The van der Waals surface area contributed by atoms with Crippen molar-refractivity contribution in [3.05, 3.63) is 0 Å². The lowest BCUT2D eigenvalue weighted by molar-refractivity contribution is 0.470. The molecular formula is C28H89N16OP5. The first kappa shape index (κ1) is 62.8. The van der Waals surface area contributed by atoms with E-state index in [1.54, 1.807) is 0 Å². The Balaban J connectivity index is -0.000000968. The highest BCUT2D eigenvalue weighted by atomic mass is 31.3. The summed E-state index contributed by atoms with van der Waals surface area (Å²) in [6.45, 7) is 0. The topological polar surface area (TPSA) is 118 Å². The van der Waals surface area contributed by atoms with E-state index < -0.39 is 37.9 Å². The molecule has 0 fully saturated rings. The minimum absolute atomic E-state index is 0. The molecule has 0 aliphatic carbocycles. The molecule has 0 aliphatic heterocycles. The van der Waals surface area contributed by atoms with Crippen LogP contribution in [0.5, 0.6) is 0 Å². The zero-order valence-corrected chi connectivity index (χ0v) is 38.3. The molecule has 312 valence electrons. The Morgan fingerprint density at radius 2 is 0.320 bits per heavy atom. The van der Waals surface area contributed by atoms with Crippen molar-refractivity contribution in [2.24, 2.45) is 18.1 Å². The van der Waals surface area contributed by atoms with Gasteiger partial charge in [-0.05, 0) is 187 Å². The second-order valence-electron chi connectivity index (χ2n) is 13.2. The van der Waals surface area contributed by atoms with Crippen molar-refractivity contribution in [3.8, 4) is 0 Å². The van der Waals surface area contributed by atoms with Gasteiger partial charge in [0.1, 0.15) is 0 Å². The monoisotopic (exact) mass is 821 g/mol. The van der Waals surface area contributed by atoms with E-state index in [0.29, 0.717) is 0 Å². The summed E-state index contributed by atoms with van der Waals surface area (Å²) in [4.78, 5) is 0. The van der Waals surface area contributed by atoms with Crippen LogP contribution in [-0.4, -0.2) is 231 Å². The maximum Gasteiger partial charge on any atom is 0.502 e. The van der Waals surface area contributed by atoms with Gasteiger partial charge in [0.05, 0.1) is 0 Å². The number of nitrogens with zero attached hydrogens (tertiary/aromatic N) is 16. The highest BCUT2D eigenvalue weighted by molar-refractivity contribution is 7.87. The second-order valence-corrected chi connectivity index (χ2v) is 31.0. The van der Waals surface area contributed by atoms with Gasteiger partial charge in [-0.2, -0.15) is 0 Å². The van der Waals surface area contributed by atoms with Crippen molar-refractivity contribution >= 4 is 37.9 Å². The predicted molar refractivity (Wildman–Crippen MR) is 237 cm³/mol. The molecular weight excluding hydrogens is 731 g/mol. The molecule has 0 aromatic heterocycles. The molecule has 0 unspecified atom stereocenters. The van der Waals surface area contributed by atoms with Crippen molar-refractivity contribution in [3.63, 3.8) is 0 Å². The normalized spacial score (nSPS) is 13.4. The average Bonchev–Trinajstić information content (AvgIpc) is 2.84. The van der Waals surface area contributed by atoms with Crippen molar-refractivity contribution in [1.82, 2.24) is 56.0 Å². The third-order valence-electron chi connectivity index (χ3n) is 7.40. The molecule has 0 rings (SSSR count). The second kappa shape index (κ2) is 23.7. The van der Waals surface area contributed by atoms with Crippen LogP contribution >= 0.6 is 37.9 Å². The van der Waals surface area contributed by atoms with Crippen LogP contribution < -0.4 is 0 Å². The summed E-state index contributed by atoms with van der Waals surface area (Å²) in [6, 6.07) is 0. The highest BCUT2D eigenvalue weighted by Crippen LogP contribution is 2.86. The zero-order valence-electron chi connectivity index (χ0n) is 33.8. The Bertz CT molecular complexity index is 887. The van der Waals surface area contributed by atoms with Gasteiger partial charge < -0.3 is 5.48 Å². The molecule has 0 amide bonds. The van der Waals surface area contributed by atoms with E-state index in [-0.39, 0.29) is 35.2 Å². The predicted octanol–water partition coefficient (Wildman–Crippen LogP) is 7.56. The zero-order chi connectivity index (χ0) is 36.3. The highest BCUT2D eigenvalue weighted by Gasteiger charge is 2.56. The van der Waals surface area contributed by atoms with E-state index in [9.17, 15) is 0 Å². The summed E-state index contributed by atoms with van der Waals surface area (Å²) < 4.78 is 51.2. The lowest BCUT2D eigenvalue weighted by Crippen LogP contribution is -2.33. The van der Waals surface area contributed by atoms with Crippen LogP contribution in [0.15, 0.2) is 18.1 Å². The Hall–Kier alpha value is 0.830. The maximum absolute atomic E-state index is 6.08. The quantitative estimate of drug-likeness (QED) is 0.143. The SMILES string of the molecule is C.C.C.C.CN(C)P(=N[P+](N=P(N(C)C)(N(C)C)N(C)C)(N=P(N(C)C)(N(C)C)N(C)C)N=P(N(C)C)(N(C)C)N(C)C)(N(C)C)N(C)C.[OH-]. The third kappa shape index (κ3) is 11.9. The van der Waals surface area contributed by atoms with Crippen molar-refractivity contribution in [2.75, 3.05) is 169 Å². The smallest absolute Gasteiger partial charge is 0.502 e. The van der Waals surface area contributed by atoms with Crippen LogP contribution in [-0.2, 0) is 0 Å². The number of hydrogen-bond donors (Lipinski definition) is 0. The molecule has 0 saturated heterocycles. The van der Waals surface area contributed by atoms with E-state index in [2.05, 4.69) is 225 Å². The summed E-state index contributed by atoms with van der Waals surface area (Å²) >= 11 is 0. The lowest BCUT2D eigenvalue weighted by Gasteiger charge is -2.44. The van der Waals surface area contributed by atoms with Gasteiger partial charge in [-0.3, -0.25) is 0 Å². The third-order valence-corrected chi connectivity index (χ3v) is 28.0. The minimum atomic E-state index is -3.43. The van der Waals surface area contributed by atoms with E-state index >= 15 is 0 Å². The van der Waals surface area contributed by atoms with Gasteiger partial charge >= 0.3 is 7.87 Å². The Kier molecular flexibility index (Phi) is 29.7. The summed E-state index contributed by atoms with van der Waals surface area (Å²) in [5.41, 5.74) is 0. The van der Waals surface area contributed by atoms with Crippen LogP contribution in [0.3, 0.4) is 0 Å². The first-order chi connectivity index (χ1) is 20.1. The van der Waals surface area contributed by atoms with Crippen LogP contribution in [0, 0.1) is 0 Å². The van der Waals surface area contributed by atoms with Crippen LogP contribution in [0.25, 0.3) is 0 Å². The standard InChI is InChI=1S/C24H72N16P5.4CH4.H2O/c1-29(2)42(30(3)4,31(5)6)25-41(26-43(32(7)8,33(9)10)34(11)12,27-44(35(13)14,36(15)16)37(17)18)28-45(38(19)20,39(21)22)40(23)24;;;;;/h1-24H3;4*1H4;1H2/q+1;;;;;/p-1. The molecule has 0 atom stereocenters. The van der Waals surface area contributed by atoms with E-state index in [1.807, 2.05) is 0 Å². The van der Waals surface area contributed by atoms with E-state index in [0.717, 1.165) is 0 Å². The van der Waals surface area contributed by atoms with E-state index in [4.69, 9.17) is 18.1 Å². The Labute approximate surface area is 315 Å². The maximum atomic E-state index is 6.08. The first-order valence-electron chi connectivity index (χ1n) is 14.7. The van der Waals surface area contributed by atoms with Gasteiger partial charge in [0.25, 0.3) is 0 Å². The van der Waals surface area contributed by atoms with Gasteiger partial charge in [0.2, 0.25) is 30.0 Å². The fourth-order valence-corrected chi connectivity index (χ4v) is 30.2. The summed E-state index contributed by atoms with van der Waals surface area (Å²) in [5, 5.41) is 0. The van der Waals surface area contributed by atoms with Crippen LogP contribution in [0.4, 0.5) is 0 Å². The summed E-state index contributed by atoms with van der Waals surface area (Å²) in [7, 11) is 36.8.